The van der Waals surface area contributed by atoms with Crippen LogP contribution in [-0.2, 0) is 0 Å². The lowest BCUT2D eigenvalue weighted by molar-refractivity contribution is 0.380. The van der Waals surface area contributed by atoms with Crippen LogP contribution in [0.1, 0.15) is 13.3 Å². The molecule has 0 radical (unpaired) electrons. The summed E-state index contributed by atoms with van der Waals surface area (Å²) in [6.07, 6.45) is 2.93. The van der Waals surface area contributed by atoms with E-state index in [0.29, 0.717) is 12.0 Å². The molecular weight excluding hydrogens is 214 g/mol. The summed E-state index contributed by atoms with van der Waals surface area (Å²) in [6.45, 7) is 4.08. The van der Waals surface area contributed by atoms with Crippen LogP contribution in [0, 0.1) is 5.92 Å². The van der Waals surface area contributed by atoms with Gasteiger partial charge in [0.05, 0.1) is 0 Å². The van der Waals surface area contributed by atoms with Crippen molar-refractivity contribution in [2.24, 2.45) is 11.7 Å². The van der Waals surface area contributed by atoms with E-state index in [-0.39, 0.29) is 0 Å². The van der Waals surface area contributed by atoms with Crippen LogP contribution < -0.4 is 10.6 Å². The van der Waals surface area contributed by atoms with E-state index in [4.69, 9.17) is 5.73 Å². The van der Waals surface area contributed by atoms with Gasteiger partial charge in [-0.1, -0.05) is 13.0 Å². The highest BCUT2D eigenvalue weighted by Gasteiger charge is 2.25. The summed E-state index contributed by atoms with van der Waals surface area (Å²) < 4.78 is 1.81. The van der Waals surface area contributed by atoms with Crippen LogP contribution in [0.3, 0.4) is 0 Å². The first-order valence-corrected chi connectivity index (χ1v) is 6.06. The first-order valence-electron chi connectivity index (χ1n) is 6.06. The number of hydrogen-bond donors (Lipinski definition) is 1. The summed E-state index contributed by atoms with van der Waals surface area (Å²) in [5.41, 5.74) is 6.91. The van der Waals surface area contributed by atoms with Gasteiger partial charge in [0.2, 0.25) is 5.95 Å². The van der Waals surface area contributed by atoms with Gasteiger partial charge in [0.25, 0.3) is 0 Å². The zero-order valence-electron chi connectivity index (χ0n) is 9.95. The van der Waals surface area contributed by atoms with Crippen LogP contribution in [-0.4, -0.2) is 33.7 Å². The zero-order valence-corrected chi connectivity index (χ0v) is 9.95. The highest BCUT2D eigenvalue weighted by atomic mass is 15.4. The van der Waals surface area contributed by atoms with Crippen molar-refractivity contribution in [2.75, 3.05) is 18.0 Å². The second-order valence-corrected chi connectivity index (χ2v) is 4.79. The van der Waals surface area contributed by atoms with Gasteiger partial charge in [-0.3, -0.25) is 0 Å². The minimum absolute atomic E-state index is 0.309. The van der Waals surface area contributed by atoms with E-state index in [0.717, 1.165) is 31.1 Å². The summed E-state index contributed by atoms with van der Waals surface area (Å²) in [6, 6.07) is 6.21. The van der Waals surface area contributed by atoms with Crippen LogP contribution in [0.15, 0.2) is 24.4 Å². The van der Waals surface area contributed by atoms with Gasteiger partial charge < -0.3 is 10.6 Å². The Kier molecular flexibility index (Phi) is 2.48. The lowest BCUT2D eigenvalue weighted by Gasteiger charge is -2.34. The first kappa shape index (κ1) is 10.5. The van der Waals surface area contributed by atoms with Gasteiger partial charge in [0.1, 0.15) is 0 Å². The number of hydrogen-bond acceptors (Lipinski definition) is 4. The molecule has 5 nitrogen and oxygen atoms in total. The van der Waals surface area contributed by atoms with Crippen molar-refractivity contribution < 1.29 is 0 Å². The predicted molar refractivity (Wildman–Crippen MR) is 67.0 cm³/mol. The smallest absolute Gasteiger partial charge is 0.245 e. The second kappa shape index (κ2) is 4.00. The van der Waals surface area contributed by atoms with Crippen molar-refractivity contribution in [1.82, 2.24) is 14.6 Å². The monoisotopic (exact) mass is 231 g/mol. The normalized spacial score (nSPS) is 25.4. The number of pyridine rings is 1. The number of fused-ring (bicyclic) bond motifs is 1. The molecule has 1 aliphatic rings. The van der Waals surface area contributed by atoms with Gasteiger partial charge in [0, 0.05) is 25.3 Å². The lowest BCUT2D eigenvalue weighted by atomic mass is 9.95. The summed E-state index contributed by atoms with van der Waals surface area (Å²) in [7, 11) is 0. The fourth-order valence-electron chi connectivity index (χ4n) is 2.30. The fraction of sp³-hybridized carbons (Fsp3) is 0.500. The molecule has 1 fully saturated rings. The van der Waals surface area contributed by atoms with Crippen molar-refractivity contribution in [2.45, 2.75) is 19.4 Å². The average molecular weight is 231 g/mol. The van der Waals surface area contributed by atoms with Gasteiger partial charge in [-0.05, 0) is 24.5 Å². The molecule has 3 rings (SSSR count). The maximum absolute atomic E-state index is 6.02. The van der Waals surface area contributed by atoms with Crippen molar-refractivity contribution >= 4 is 11.6 Å². The molecule has 5 heteroatoms. The van der Waals surface area contributed by atoms with Crippen LogP contribution in [0.2, 0.25) is 0 Å². The van der Waals surface area contributed by atoms with E-state index < -0.39 is 0 Å². The van der Waals surface area contributed by atoms with Crippen molar-refractivity contribution in [1.29, 1.82) is 0 Å². The van der Waals surface area contributed by atoms with Crippen LogP contribution in [0.25, 0.3) is 5.65 Å². The summed E-state index contributed by atoms with van der Waals surface area (Å²) in [5, 5.41) is 4.49. The van der Waals surface area contributed by atoms with Crippen LogP contribution in [0.4, 0.5) is 5.95 Å². The summed E-state index contributed by atoms with van der Waals surface area (Å²) >= 11 is 0. The Morgan fingerprint density at radius 1 is 1.41 bits per heavy atom. The molecule has 1 saturated heterocycles. The minimum atomic E-state index is 0.309. The van der Waals surface area contributed by atoms with E-state index in [9.17, 15) is 0 Å². The van der Waals surface area contributed by atoms with Crippen molar-refractivity contribution in [3.8, 4) is 0 Å². The third kappa shape index (κ3) is 1.86. The average Bonchev–Trinajstić information content (AvgIpc) is 2.76. The summed E-state index contributed by atoms with van der Waals surface area (Å²) in [4.78, 5) is 6.76. The Bertz CT molecular complexity index is 487. The van der Waals surface area contributed by atoms with E-state index in [2.05, 4.69) is 21.9 Å². The van der Waals surface area contributed by atoms with E-state index in [1.54, 1.807) is 0 Å². The summed E-state index contributed by atoms with van der Waals surface area (Å²) in [5.74, 6) is 1.31. The van der Waals surface area contributed by atoms with Crippen molar-refractivity contribution in [3.63, 3.8) is 0 Å². The Morgan fingerprint density at radius 3 is 3.06 bits per heavy atom. The Labute approximate surface area is 100 Å². The molecule has 0 bridgehead atoms. The Balaban J connectivity index is 1.88. The maximum atomic E-state index is 6.02. The first-order chi connectivity index (χ1) is 8.24. The number of piperidine rings is 1. The number of nitrogens with two attached hydrogens (primary N) is 1. The van der Waals surface area contributed by atoms with Gasteiger partial charge in [-0.15, -0.1) is 5.10 Å². The molecule has 17 heavy (non-hydrogen) atoms. The van der Waals surface area contributed by atoms with Crippen LogP contribution >= 0.6 is 0 Å². The van der Waals surface area contributed by atoms with E-state index in [1.165, 1.54) is 0 Å². The quantitative estimate of drug-likeness (QED) is 0.792. The standard InChI is InChI=1S/C12H17N5/c1-9-8-16(7-5-10(9)13)12-14-11-4-2-3-6-17(11)15-12/h2-4,6,9-10H,5,7-8,13H2,1H3. The highest BCUT2D eigenvalue weighted by molar-refractivity contribution is 5.44. The molecular formula is C12H17N5. The molecule has 3 heterocycles. The maximum Gasteiger partial charge on any atom is 0.245 e. The minimum Gasteiger partial charge on any atom is -0.339 e. The number of nitrogens with zero attached hydrogens (tertiary/aromatic N) is 4. The molecule has 2 unspecified atom stereocenters. The fourth-order valence-corrected chi connectivity index (χ4v) is 2.30. The largest absolute Gasteiger partial charge is 0.339 e. The molecule has 1 aliphatic heterocycles. The highest BCUT2D eigenvalue weighted by Crippen LogP contribution is 2.19. The van der Waals surface area contributed by atoms with Crippen LogP contribution in [0.5, 0.6) is 0 Å². The Morgan fingerprint density at radius 2 is 2.29 bits per heavy atom. The molecule has 0 saturated carbocycles. The van der Waals surface area contributed by atoms with Gasteiger partial charge in [0.15, 0.2) is 5.65 Å². The number of rotatable bonds is 1. The van der Waals surface area contributed by atoms with Gasteiger partial charge in [-0.2, -0.15) is 4.98 Å². The van der Waals surface area contributed by atoms with Gasteiger partial charge >= 0.3 is 0 Å². The molecule has 0 amide bonds. The molecule has 90 valence electrons. The molecule has 0 aliphatic carbocycles. The van der Waals surface area contributed by atoms with E-state index >= 15 is 0 Å². The third-order valence-corrected chi connectivity index (χ3v) is 3.48. The Hall–Kier alpha value is -1.62. The predicted octanol–water partition coefficient (Wildman–Crippen LogP) is 0.903. The molecule has 2 aromatic rings. The molecule has 0 spiro atoms. The lowest BCUT2D eigenvalue weighted by Crippen LogP contribution is -2.46. The van der Waals surface area contributed by atoms with Crippen molar-refractivity contribution in [3.05, 3.63) is 24.4 Å². The van der Waals surface area contributed by atoms with Gasteiger partial charge in [-0.25, -0.2) is 4.52 Å². The topological polar surface area (TPSA) is 59.5 Å². The molecule has 0 aromatic carbocycles. The molecule has 2 aromatic heterocycles. The second-order valence-electron chi connectivity index (χ2n) is 4.79. The SMILES string of the molecule is CC1CN(c2nc3ccccn3n2)CCC1N. The number of anilines is 1. The molecule has 2 atom stereocenters. The molecule has 2 N–H and O–H groups in total. The third-order valence-electron chi connectivity index (χ3n) is 3.48. The van der Waals surface area contributed by atoms with E-state index in [1.807, 2.05) is 28.9 Å². The zero-order chi connectivity index (χ0) is 11.8. The number of aromatic nitrogens is 3.